The minimum absolute atomic E-state index is 0.497. The van der Waals surface area contributed by atoms with Gasteiger partial charge in [-0.15, -0.1) is 0 Å². The van der Waals surface area contributed by atoms with Gasteiger partial charge in [0.1, 0.15) is 5.82 Å². The van der Waals surface area contributed by atoms with E-state index in [9.17, 15) is 0 Å². The van der Waals surface area contributed by atoms with Gasteiger partial charge in [-0.3, -0.25) is 0 Å². The van der Waals surface area contributed by atoms with Crippen LogP contribution < -0.4 is 16.4 Å². The predicted octanol–water partition coefficient (Wildman–Crippen LogP) is -0.00700. The SMILES string of the molecule is Nc1c2c(nn1C1CCNCC1)CNC2. The van der Waals surface area contributed by atoms with E-state index in [1.807, 2.05) is 4.68 Å². The number of aromatic nitrogens is 2. The van der Waals surface area contributed by atoms with Crippen molar-refractivity contribution in [2.45, 2.75) is 32.0 Å². The zero-order chi connectivity index (χ0) is 10.3. The third kappa shape index (κ3) is 1.42. The summed E-state index contributed by atoms with van der Waals surface area (Å²) in [5, 5.41) is 11.2. The highest BCUT2D eigenvalue weighted by Gasteiger charge is 2.24. The molecule has 4 N–H and O–H groups in total. The molecule has 0 atom stereocenters. The molecule has 3 rings (SSSR count). The Hall–Kier alpha value is -1.07. The van der Waals surface area contributed by atoms with Crippen LogP contribution in [0.3, 0.4) is 0 Å². The van der Waals surface area contributed by atoms with Gasteiger partial charge in [0.15, 0.2) is 0 Å². The van der Waals surface area contributed by atoms with Crippen LogP contribution in [-0.2, 0) is 13.1 Å². The van der Waals surface area contributed by atoms with Crippen LogP contribution in [0.5, 0.6) is 0 Å². The molecule has 5 heteroatoms. The Morgan fingerprint density at radius 1 is 1.20 bits per heavy atom. The summed E-state index contributed by atoms with van der Waals surface area (Å²) in [6.45, 7) is 3.91. The average molecular weight is 207 g/mol. The third-order valence-electron chi connectivity index (χ3n) is 3.38. The highest BCUT2D eigenvalue weighted by atomic mass is 15.3. The zero-order valence-electron chi connectivity index (χ0n) is 8.79. The van der Waals surface area contributed by atoms with E-state index in [4.69, 9.17) is 5.73 Å². The molecule has 2 aliphatic heterocycles. The first kappa shape index (κ1) is 9.18. The lowest BCUT2D eigenvalue weighted by Crippen LogP contribution is -2.30. The summed E-state index contributed by atoms with van der Waals surface area (Å²) in [6, 6.07) is 0.497. The zero-order valence-corrected chi connectivity index (χ0v) is 8.79. The fourth-order valence-electron chi connectivity index (χ4n) is 2.50. The number of fused-ring (bicyclic) bond motifs is 1. The van der Waals surface area contributed by atoms with Crippen molar-refractivity contribution < 1.29 is 0 Å². The number of anilines is 1. The molecule has 0 aliphatic carbocycles. The van der Waals surface area contributed by atoms with E-state index in [-0.39, 0.29) is 0 Å². The van der Waals surface area contributed by atoms with Crippen molar-refractivity contribution in [2.75, 3.05) is 18.8 Å². The van der Waals surface area contributed by atoms with Crippen molar-refractivity contribution in [3.63, 3.8) is 0 Å². The van der Waals surface area contributed by atoms with E-state index < -0.39 is 0 Å². The largest absolute Gasteiger partial charge is 0.384 e. The van der Waals surface area contributed by atoms with Crippen molar-refractivity contribution in [3.05, 3.63) is 11.3 Å². The fourth-order valence-corrected chi connectivity index (χ4v) is 2.50. The molecule has 3 heterocycles. The Bertz CT molecular complexity index is 364. The molecule has 0 spiro atoms. The van der Waals surface area contributed by atoms with Crippen LogP contribution >= 0.6 is 0 Å². The second-order valence-electron chi connectivity index (χ2n) is 4.34. The lowest BCUT2D eigenvalue weighted by molar-refractivity contribution is 0.344. The van der Waals surface area contributed by atoms with Gasteiger partial charge in [-0.05, 0) is 25.9 Å². The Labute approximate surface area is 89.0 Å². The van der Waals surface area contributed by atoms with Crippen LogP contribution in [0.25, 0.3) is 0 Å². The molecular formula is C10H17N5. The van der Waals surface area contributed by atoms with Gasteiger partial charge >= 0.3 is 0 Å². The smallest absolute Gasteiger partial charge is 0.126 e. The lowest BCUT2D eigenvalue weighted by Gasteiger charge is -2.24. The van der Waals surface area contributed by atoms with Gasteiger partial charge < -0.3 is 16.4 Å². The van der Waals surface area contributed by atoms with Gasteiger partial charge in [-0.1, -0.05) is 0 Å². The second kappa shape index (κ2) is 3.50. The van der Waals surface area contributed by atoms with Gasteiger partial charge in [0, 0.05) is 18.7 Å². The lowest BCUT2D eigenvalue weighted by atomic mass is 10.1. The molecule has 2 aliphatic rings. The van der Waals surface area contributed by atoms with Crippen LogP contribution in [0, 0.1) is 0 Å². The first-order valence-corrected chi connectivity index (χ1v) is 5.63. The Kier molecular flexibility index (Phi) is 2.14. The van der Waals surface area contributed by atoms with Crippen molar-refractivity contribution in [3.8, 4) is 0 Å². The molecule has 0 bridgehead atoms. The summed E-state index contributed by atoms with van der Waals surface area (Å²) in [6.07, 6.45) is 2.27. The molecule has 1 fully saturated rings. The minimum atomic E-state index is 0.497. The van der Waals surface area contributed by atoms with Crippen molar-refractivity contribution in [1.29, 1.82) is 0 Å². The van der Waals surface area contributed by atoms with Gasteiger partial charge in [0.25, 0.3) is 0 Å². The van der Waals surface area contributed by atoms with Crippen LogP contribution in [0.15, 0.2) is 0 Å². The van der Waals surface area contributed by atoms with Gasteiger partial charge in [-0.2, -0.15) is 5.10 Å². The van der Waals surface area contributed by atoms with E-state index in [0.717, 1.165) is 50.5 Å². The summed E-state index contributed by atoms with van der Waals surface area (Å²) in [5.74, 6) is 0.877. The van der Waals surface area contributed by atoms with Crippen LogP contribution in [-0.4, -0.2) is 22.9 Å². The summed E-state index contributed by atoms with van der Waals surface area (Å²) < 4.78 is 2.05. The summed E-state index contributed by atoms with van der Waals surface area (Å²) in [5.41, 5.74) is 8.49. The van der Waals surface area contributed by atoms with Crippen LogP contribution in [0.2, 0.25) is 0 Å². The molecule has 1 aromatic heterocycles. The van der Waals surface area contributed by atoms with E-state index in [1.54, 1.807) is 0 Å². The highest BCUT2D eigenvalue weighted by Crippen LogP contribution is 2.27. The highest BCUT2D eigenvalue weighted by molar-refractivity contribution is 5.45. The molecule has 15 heavy (non-hydrogen) atoms. The van der Waals surface area contributed by atoms with Gasteiger partial charge in [0.2, 0.25) is 0 Å². The maximum absolute atomic E-state index is 6.13. The molecule has 82 valence electrons. The van der Waals surface area contributed by atoms with Crippen molar-refractivity contribution in [1.82, 2.24) is 20.4 Å². The average Bonchev–Trinajstić information content (AvgIpc) is 2.83. The Balaban J connectivity index is 1.91. The minimum Gasteiger partial charge on any atom is -0.384 e. The predicted molar refractivity (Wildman–Crippen MR) is 58.3 cm³/mol. The van der Waals surface area contributed by atoms with Gasteiger partial charge in [0.05, 0.1) is 11.7 Å². The standard InChI is InChI=1S/C10H17N5/c11-10-8-5-13-6-9(8)14-15(10)7-1-3-12-4-2-7/h7,12-13H,1-6,11H2. The van der Waals surface area contributed by atoms with E-state index in [2.05, 4.69) is 15.7 Å². The molecule has 0 aromatic carbocycles. The number of hydrogen-bond acceptors (Lipinski definition) is 4. The van der Waals surface area contributed by atoms with Crippen LogP contribution in [0.4, 0.5) is 5.82 Å². The molecule has 0 unspecified atom stereocenters. The quantitative estimate of drug-likeness (QED) is 0.606. The number of nitrogens with two attached hydrogens (primary N) is 1. The van der Waals surface area contributed by atoms with Gasteiger partial charge in [-0.25, -0.2) is 4.68 Å². The fraction of sp³-hybridized carbons (Fsp3) is 0.700. The Morgan fingerprint density at radius 3 is 2.73 bits per heavy atom. The van der Waals surface area contributed by atoms with E-state index in [0.29, 0.717) is 6.04 Å². The van der Waals surface area contributed by atoms with Crippen molar-refractivity contribution >= 4 is 5.82 Å². The molecule has 1 saturated heterocycles. The number of nitrogens with zero attached hydrogens (tertiary/aromatic N) is 2. The monoisotopic (exact) mass is 207 g/mol. The molecule has 0 radical (unpaired) electrons. The summed E-state index contributed by atoms with van der Waals surface area (Å²) >= 11 is 0. The van der Waals surface area contributed by atoms with E-state index >= 15 is 0 Å². The number of nitrogens with one attached hydrogen (secondary N) is 2. The normalized spacial score (nSPS) is 21.9. The number of piperidine rings is 1. The summed E-state index contributed by atoms with van der Waals surface area (Å²) in [7, 11) is 0. The van der Waals surface area contributed by atoms with Crippen LogP contribution in [0.1, 0.15) is 30.1 Å². The molecule has 0 saturated carbocycles. The number of rotatable bonds is 1. The van der Waals surface area contributed by atoms with Crippen molar-refractivity contribution in [2.24, 2.45) is 0 Å². The number of hydrogen-bond donors (Lipinski definition) is 3. The molecule has 1 aromatic rings. The first-order valence-electron chi connectivity index (χ1n) is 5.63. The second-order valence-corrected chi connectivity index (χ2v) is 4.34. The topological polar surface area (TPSA) is 67.9 Å². The third-order valence-corrected chi connectivity index (χ3v) is 3.38. The molecule has 0 amide bonds. The molecule has 5 nitrogen and oxygen atoms in total. The Morgan fingerprint density at radius 2 is 2.00 bits per heavy atom. The van der Waals surface area contributed by atoms with E-state index in [1.165, 1.54) is 5.56 Å². The molecular weight excluding hydrogens is 190 g/mol. The number of nitrogen functional groups attached to an aromatic ring is 1. The summed E-state index contributed by atoms with van der Waals surface area (Å²) in [4.78, 5) is 0. The first-order chi connectivity index (χ1) is 7.36. The maximum Gasteiger partial charge on any atom is 0.126 e. The maximum atomic E-state index is 6.13.